The van der Waals surface area contributed by atoms with Gasteiger partial charge in [-0.25, -0.2) is 8.42 Å². The third kappa shape index (κ3) is 4.59. The number of benzene rings is 2. The molecule has 2 atom stereocenters. The Kier molecular flexibility index (Phi) is 6.27. The molecule has 1 aliphatic heterocycles. The molecule has 4 aromatic rings. The van der Waals surface area contributed by atoms with Gasteiger partial charge in [-0.1, -0.05) is 24.3 Å². The molecule has 0 unspecified atom stereocenters. The van der Waals surface area contributed by atoms with Gasteiger partial charge in [0.1, 0.15) is 0 Å². The van der Waals surface area contributed by atoms with Gasteiger partial charge in [0, 0.05) is 34.6 Å². The molecule has 1 aliphatic rings. The highest BCUT2D eigenvalue weighted by Crippen LogP contribution is 2.43. The van der Waals surface area contributed by atoms with Crippen LogP contribution in [0.3, 0.4) is 0 Å². The molecule has 36 heavy (non-hydrogen) atoms. The molecule has 0 amide bonds. The summed E-state index contributed by atoms with van der Waals surface area (Å²) in [5.74, 6) is 0. The van der Waals surface area contributed by atoms with E-state index in [1.807, 2.05) is 48.5 Å². The molecule has 5 rings (SSSR count). The number of rotatable bonds is 6. The van der Waals surface area contributed by atoms with Crippen LogP contribution in [0.15, 0.2) is 85.1 Å². The van der Waals surface area contributed by atoms with Crippen molar-refractivity contribution in [2.45, 2.75) is 25.9 Å². The number of hydrogen-bond donors (Lipinski definition) is 2. The average molecular weight is 518 g/mol. The van der Waals surface area contributed by atoms with Gasteiger partial charge in [0.05, 0.1) is 24.0 Å². The Labute approximate surface area is 216 Å². The van der Waals surface area contributed by atoms with Crippen LogP contribution in [-0.4, -0.2) is 29.3 Å². The number of thiocarbonyl (C=S) groups is 1. The van der Waals surface area contributed by atoms with E-state index in [0.29, 0.717) is 10.8 Å². The van der Waals surface area contributed by atoms with Gasteiger partial charge in [-0.3, -0.25) is 9.71 Å². The molecule has 2 aromatic carbocycles. The summed E-state index contributed by atoms with van der Waals surface area (Å²) in [6.07, 6.45) is 2.93. The number of nitrogens with zero attached hydrogens (tertiary/aromatic N) is 3. The van der Waals surface area contributed by atoms with E-state index < -0.39 is 10.0 Å². The zero-order chi connectivity index (χ0) is 25.4. The van der Waals surface area contributed by atoms with E-state index in [1.54, 1.807) is 18.3 Å². The predicted octanol–water partition coefficient (Wildman–Crippen LogP) is 5.04. The van der Waals surface area contributed by atoms with Crippen LogP contribution in [0.25, 0.3) is 5.69 Å². The number of aryl methyl sites for hydroxylation is 1. The highest BCUT2D eigenvalue weighted by atomic mass is 32.2. The molecular formula is C27H27N5O2S2. The molecular weight excluding hydrogens is 490 g/mol. The molecule has 1 saturated heterocycles. The topological polar surface area (TPSA) is 79.3 Å². The van der Waals surface area contributed by atoms with Gasteiger partial charge in [-0.05, 0) is 86.2 Å². The van der Waals surface area contributed by atoms with Crippen molar-refractivity contribution in [2.24, 2.45) is 0 Å². The second kappa shape index (κ2) is 9.40. The van der Waals surface area contributed by atoms with E-state index in [2.05, 4.69) is 56.5 Å². The Morgan fingerprint density at radius 2 is 1.64 bits per heavy atom. The summed E-state index contributed by atoms with van der Waals surface area (Å²) in [7, 11) is -3.37. The first-order valence-electron chi connectivity index (χ1n) is 11.6. The monoisotopic (exact) mass is 517 g/mol. The first-order valence-corrected chi connectivity index (χ1v) is 13.9. The zero-order valence-electron chi connectivity index (χ0n) is 20.2. The number of aromatic nitrogens is 2. The minimum absolute atomic E-state index is 0.162. The second-order valence-electron chi connectivity index (χ2n) is 8.92. The Bertz CT molecular complexity index is 1500. The quantitative estimate of drug-likeness (QED) is 0.349. The fourth-order valence-corrected chi connectivity index (χ4v) is 5.82. The lowest BCUT2D eigenvalue weighted by atomic mass is 9.96. The van der Waals surface area contributed by atoms with Gasteiger partial charge in [-0.15, -0.1) is 0 Å². The van der Waals surface area contributed by atoms with Crippen LogP contribution in [0.5, 0.6) is 0 Å². The number of hydrogen-bond acceptors (Lipinski definition) is 4. The highest BCUT2D eigenvalue weighted by Gasteiger charge is 2.42. The van der Waals surface area contributed by atoms with Gasteiger partial charge >= 0.3 is 0 Å². The van der Waals surface area contributed by atoms with E-state index in [1.165, 1.54) is 0 Å². The van der Waals surface area contributed by atoms with Gasteiger partial charge in [-0.2, -0.15) is 0 Å². The largest absolute Gasteiger partial charge is 0.351 e. The van der Waals surface area contributed by atoms with Crippen molar-refractivity contribution < 1.29 is 8.42 Å². The minimum Gasteiger partial charge on any atom is -0.351 e. The van der Waals surface area contributed by atoms with Crippen LogP contribution in [-0.2, 0) is 10.0 Å². The standard InChI is InChI=1S/C27H27N5O2S2/c1-18-17-23(19(2)31(18)21-9-5-4-6-10-21)26-25(24-11-7-8-16-28-24)29-27(35)32(26)22-14-12-20(13-15-22)30-36(3,33)34/h4-17,25-26,30H,1-3H3,(H,29,35)/t25-,26+/m1/s1. The van der Waals surface area contributed by atoms with Gasteiger partial charge in [0.25, 0.3) is 0 Å². The maximum absolute atomic E-state index is 11.7. The summed E-state index contributed by atoms with van der Waals surface area (Å²) in [6, 6.07) is 25.3. The molecule has 0 bridgehead atoms. The van der Waals surface area contributed by atoms with Crippen LogP contribution in [0, 0.1) is 13.8 Å². The first-order chi connectivity index (χ1) is 17.2. The molecule has 7 nitrogen and oxygen atoms in total. The summed E-state index contributed by atoms with van der Waals surface area (Å²) in [4.78, 5) is 6.73. The summed E-state index contributed by atoms with van der Waals surface area (Å²) < 4.78 is 28.1. The molecule has 2 aromatic heterocycles. The second-order valence-corrected chi connectivity index (χ2v) is 11.1. The van der Waals surface area contributed by atoms with Crippen LogP contribution in [0.4, 0.5) is 11.4 Å². The van der Waals surface area contributed by atoms with Crippen LogP contribution in [0.2, 0.25) is 0 Å². The molecule has 9 heteroatoms. The smallest absolute Gasteiger partial charge is 0.229 e. The van der Waals surface area contributed by atoms with Crippen molar-refractivity contribution in [3.63, 3.8) is 0 Å². The Balaban J connectivity index is 1.62. The lowest BCUT2D eigenvalue weighted by Crippen LogP contribution is -2.29. The lowest BCUT2D eigenvalue weighted by molar-refractivity contribution is 0.565. The average Bonchev–Trinajstić information content (AvgIpc) is 3.35. The number of anilines is 2. The van der Waals surface area contributed by atoms with Gasteiger partial charge in [0.15, 0.2) is 5.11 Å². The third-order valence-corrected chi connectivity index (χ3v) is 7.27. The molecule has 1 fully saturated rings. The Hall–Kier alpha value is -3.69. The summed E-state index contributed by atoms with van der Waals surface area (Å²) in [6.45, 7) is 4.24. The third-order valence-electron chi connectivity index (χ3n) is 6.35. The molecule has 0 saturated carbocycles. The summed E-state index contributed by atoms with van der Waals surface area (Å²) in [5.41, 5.74) is 6.74. The fourth-order valence-electron chi connectivity index (χ4n) is 4.91. The lowest BCUT2D eigenvalue weighted by Gasteiger charge is -2.28. The summed E-state index contributed by atoms with van der Waals surface area (Å²) in [5, 5.41) is 4.08. The van der Waals surface area contributed by atoms with Crippen molar-refractivity contribution in [3.05, 3.63) is 108 Å². The van der Waals surface area contributed by atoms with E-state index in [0.717, 1.165) is 40.3 Å². The van der Waals surface area contributed by atoms with Crippen molar-refractivity contribution in [1.82, 2.24) is 14.9 Å². The van der Waals surface area contributed by atoms with E-state index >= 15 is 0 Å². The number of nitrogens with one attached hydrogen (secondary N) is 2. The SMILES string of the molecule is Cc1cc([C@H]2[C@@H](c3ccccn3)NC(=S)N2c2ccc(NS(C)(=O)=O)cc2)c(C)n1-c1ccccc1. The predicted molar refractivity (Wildman–Crippen MR) is 148 cm³/mol. The Morgan fingerprint density at radius 1 is 0.944 bits per heavy atom. The molecule has 0 spiro atoms. The van der Waals surface area contributed by atoms with Crippen molar-refractivity contribution >= 4 is 38.7 Å². The Morgan fingerprint density at radius 3 is 2.28 bits per heavy atom. The minimum atomic E-state index is -3.37. The summed E-state index contributed by atoms with van der Waals surface area (Å²) >= 11 is 5.84. The van der Waals surface area contributed by atoms with Crippen molar-refractivity contribution in [3.8, 4) is 5.69 Å². The highest BCUT2D eigenvalue weighted by molar-refractivity contribution is 7.92. The zero-order valence-corrected chi connectivity index (χ0v) is 21.8. The molecule has 3 heterocycles. The number of sulfonamides is 1. The molecule has 184 valence electrons. The van der Waals surface area contributed by atoms with Crippen LogP contribution in [0.1, 0.15) is 34.7 Å². The van der Waals surface area contributed by atoms with E-state index in [9.17, 15) is 8.42 Å². The van der Waals surface area contributed by atoms with Crippen molar-refractivity contribution in [1.29, 1.82) is 0 Å². The molecule has 0 aliphatic carbocycles. The van der Waals surface area contributed by atoms with E-state index in [-0.39, 0.29) is 12.1 Å². The van der Waals surface area contributed by atoms with Crippen molar-refractivity contribution in [2.75, 3.05) is 15.9 Å². The normalized spacial score (nSPS) is 17.8. The number of pyridine rings is 1. The van der Waals surface area contributed by atoms with Gasteiger partial charge in [0.2, 0.25) is 10.0 Å². The molecule has 2 N–H and O–H groups in total. The number of para-hydroxylation sites is 1. The maximum atomic E-state index is 11.7. The van der Waals surface area contributed by atoms with Crippen LogP contribution < -0.4 is 14.9 Å². The maximum Gasteiger partial charge on any atom is 0.229 e. The van der Waals surface area contributed by atoms with Gasteiger partial charge < -0.3 is 14.8 Å². The van der Waals surface area contributed by atoms with Crippen LogP contribution >= 0.6 is 12.2 Å². The first kappa shape index (κ1) is 24.0. The molecule has 0 radical (unpaired) electrons. The van der Waals surface area contributed by atoms with E-state index in [4.69, 9.17) is 12.2 Å². The fraction of sp³-hybridized carbons (Fsp3) is 0.185.